The zero-order valence-corrected chi connectivity index (χ0v) is 18.4. The largest absolute Gasteiger partial charge is 0.497 e. The van der Waals surface area contributed by atoms with Crippen LogP contribution in [0.2, 0.25) is 0 Å². The maximum absolute atomic E-state index is 12.7. The molecule has 0 saturated carbocycles. The molecule has 0 bridgehead atoms. The molecule has 4 rings (SSSR count). The van der Waals surface area contributed by atoms with Gasteiger partial charge in [0.15, 0.2) is 0 Å². The highest BCUT2D eigenvalue weighted by atomic mass is 16.5. The number of amides is 1. The van der Waals surface area contributed by atoms with Crippen LogP contribution in [-0.4, -0.2) is 22.6 Å². The van der Waals surface area contributed by atoms with E-state index in [1.807, 2.05) is 67.6 Å². The molecule has 1 amide bonds. The monoisotopic (exact) mass is 425 g/mol. The maximum Gasteiger partial charge on any atom is 0.224 e. The summed E-state index contributed by atoms with van der Waals surface area (Å²) >= 11 is 0. The van der Waals surface area contributed by atoms with Crippen LogP contribution in [0.5, 0.6) is 5.75 Å². The summed E-state index contributed by atoms with van der Waals surface area (Å²) in [7, 11) is 1.63. The van der Waals surface area contributed by atoms with Crippen LogP contribution in [0.1, 0.15) is 29.9 Å². The number of para-hydroxylation sites is 2. The number of carbonyl (C=O) groups is 1. The van der Waals surface area contributed by atoms with E-state index in [1.54, 1.807) is 7.11 Å². The Hall–Kier alpha value is -3.86. The van der Waals surface area contributed by atoms with Crippen LogP contribution in [0.4, 0.5) is 0 Å². The summed E-state index contributed by atoms with van der Waals surface area (Å²) in [5.74, 6) is 1.58. The van der Waals surface area contributed by atoms with Crippen LogP contribution < -0.4 is 10.1 Å². The molecule has 0 saturated heterocycles. The van der Waals surface area contributed by atoms with Crippen molar-refractivity contribution in [3.8, 4) is 5.75 Å². The fourth-order valence-electron chi connectivity index (χ4n) is 3.76. The third kappa shape index (κ3) is 5.06. The molecule has 0 fully saturated rings. The Kier molecular flexibility index (Phi) is 6.66. The Labute approximate surface area is 188 Å². The molecule has 5 nitrogen and oxygen atoms in total. The van der Waals surface area contributed by atoms with E-state index < -0.39 is 0 Å². The number of hydrogen-bond donors (Lipinski definition) is 1. The fraction of sp³-hybridized carbons (Fsp3) is 0.185. The van der Waals surface area contributed by atoms with Gasteiger partial charge in [-0.2, -0.15) is 0 Å². The fourth-order valence-corrected chi connectivity index (χ4v) is 3.76. The van der Waals surface area contributed by atoms with Crippen molar-refractivity contribution in [2.45, 2.75) is 25.9 Å². The van der Waals surface area contributed by atoms with E-state index in [2.05, 4.69) is 40.2 Å². The summed E-state index contributed by atoms with van der Waals surface area (Å²) in [6.07, 6.45) is 4.53. The number of methoxy groups -OCH3 is 1. The second kappa shape index (κ2) is 9.96. The SMILES string of the molecule is COc1ccc(CC(=O)NC(C)c2nc3ccccc3n2C/C=C/c2ccccc2)cc1. The highest BCUT2D eigenvalue weighted by Crippen LogP contribution is 2.21. The lowest BCUT2D eigenvalue weighted by atomic mass is 10.1. The lowest BCUT2D eigenvalue weighted by molar-refractivity contribution is -0.121. The Morgan fingerprint density at radius 1 is 1.03 bits per heavy atom. The predicted octanol–water partition coefficient (Wildman–Crippen LogP) is 5.18. The first kappa shape index (κ1) is 21.4. The van der Waals surface area contributed by atoms with Crippen LogP contribution >= 0.6 is 0 Å². The third-order valence-electron chi connectivity index (χ3n) is 5.37. The number of allylic oxidation sites excluding steroid dienone is 1. The van der Waals surface area contributed by atoms with E-state index in [0.717, 1.165) is 33.7 Å². The van der Waals surface area contributed by atoms with Gasteiger partial charge in [-0.3, -0.25) is 4.79 Å². The van der Waals surface area contributed by atoms with E-state index in [-0.39, 0.29) is 11.9 Å². The van der Waals surface area contributed by atoms with Gasteiger partial charge >= 0.3 is 0 Å². The van der Waals surface area contributed by atoms with Crippen LogP contribution in [0.15, 0.2) is 84.9 Å². The molecule has 0 spiro atoms. The topological polar surface area (TPSA) is 56.1 Å². The lowest BCUT2D eigenvalue weighted by Gasteiger charge is -2.16. The molecule has 1 N–H and O–H groups in total. The smallest absolute Gasteiger partial charge is 0.224 e. The second-order valence-electron chi connectivity index (χ2n) is 7.70. The van der Waals surface area contributed by atoms with Crippen molar-refractivity contribution in [3.05, 3.63) is 102 Å². The van der Waals surface area contributed by atoms with Crippen molar-refractivity contribution in [2.75, 3.05) is 7.11 Å². The number of nitrogens with zero attached hydrogens (tertiary/aromatic N) is 2. The van der Waals surface area contributed by atoms with E-state index in [4.69, 9.17) is 9.72 Å². The minimum Gasteiger partial charge on any atom is -0.497 e. The average Bonchev–Trinajstić information content (AvgIpc) is 3.19. The predicted molar refractivity (Wildman–Crippen MR) is 128 cm³/mol. The number of aromatic nitrogens is 2. The second-order valence-corrected chi connectivity index (χ2v) is 7.70. The summed E-state index contributed by atoms with van der Waals surface area (Å²) in [5, 5.41) is 3.11. The molecule has 1 aromatic heterocycles. The van der Waals surface area contributed by atoms with Crippen molar-refractivity contribution >= 4 is 23.0 Å². The Balaban J connectivity index is 1.51. The number of carbonyl (C=O) groups excluding carboxylic acids is 1. The molecule has 0 aliphatic rings. The Bertz CT molecular complexity index is 1210. The molecule has 1 atom stereocenters. The summed E-state index contributed by atoms with van der Waals surface area (Å²) in [6.45, 7) is 2.65. The van der Waals surface area contributed by atoms with Crippen molar-refractivity contribution in [1.82, 2.24) is 14.9 Å². The van der Waals surface area contributed by atoms with Gasteiger partial charge in [-0.1, -0.05) is 66.7 Å². The van der Waals surface area contributed by atoms with E-state index >= 15 is 0 Å². The summed E-state index contributed by atoms with van der Waals surface area (Å²) in [5.41, 5.74) is 4.07. The van der Waals surface area contributed by atoms with Crippen molar-refractivity contribution in [2.24, 2.45) is 0 Å². The van der Waals surface area contributed by atoms with E-state index in [0.29, 0.717) is 13.0 Å². The zero-order valence-electron chi connectivity index (χ0n) is 18.4. The molecular formula is C27H27N3O2. The van der Waals surface area contributed by atoms with Crippen molar-refractivity contribution < 1.29 is 9.53 Å². The molecule has 0 radical (unpaired) electrons. The van der Waals surface area contributed by atoms with Crippen molar-refractivity contribution in [3.63, 3.8) is 0 Å². The number of nitrogens with one attached hydrogen (secondary N) is 1. The van der Waals surface area contributed by atoms with Crippen LogP contribution in [0.25, 0.3) is 17.1 Å². The summed E-state index contributed by atoms with van der Waals surface area (Å²) < 4.78 is 7.34. The Morgan fingerprint density at radius 2 is 1.75 bits per heavy atom. The summed E-state index contributed by atoms with van der Waals surface area (Å²) in [4.78, 5) is 17.5. The molecule has 0 aliphatic heterocycles. The molecule has 32 heavy (non-hydrogen) atoms. The number of hydrogen-bond acceptors (Lipinski definition) is 3. The molecule has 1 unspecified atom stereocenters. The average molecular weight is 426 g/mol. The molecule has 5 heteroatoms. The van der Waals surface area contributed by atoms with E-state index in [1.165, 1.54) is 0 Å². The van der Waals surface area contributed by atoms with Gasteiger partial charge in [0.2, 0.25) is 5.91 Å². The number of benzene rings is 3. The Morgan fingerprint density at radius 3 is 2.50 bits per heavy atom. The highest BCUT2D eigenvalue weighted by molar-refractivity contribution is 5.80. The summed E-state index contributed by atoms with van der Waals surface area (Å²) in [6, 6.07) is 25.6. The van der Waals surface area contributed by atoms with Gasteiger partial charge in [0.1, 0.15) is 11.6 Å². The standard InChI is InChI=1S/C27H27N3O2/c1-20(28-26(31)19-22-14-16-23(32-2)17-15-22)27-29-24-12-6-7-13-25(24)30(27)18-8-11-21-9-4-3-5-10-21/h3-17,20H,18-19H2,1-2H3,(H,28,31)/b11-8+. The maximum atomic E-state index is 12.7. The van der Waals surface area contributed by atoms with Crippen molar-refractivity contribution in [1.29, 1.82) is 0 Å². The van der Waals surface area contributed by atoms with E-state index in [9.17, 15) is 4.79 Å². The first-order valence-electron chi connectivity index (χ1n) is 10.7. The quantitative estimate of drug-likeness (QED) is 0.423. The van der Waals surface area contributed by atoms with Gasteiger partial charge in [-0.05, 0) is 42.3 Å². The van der Waals surface area contributed by atoms with Gasteiger partial charge in [-0.15, -0.1) is 0 Å². The normalized spacial score (nSPS) is 12.2. The number of ether oxygens (including phenoxy) is 1. The highest BCUT2D eigenvalue weighted by Gasteiger charge is 2.18. The minimum atomic E-state index is -0.224. The molecule has 4 aromatic rings. The number of imidazole rings is 1. The number of rotatable bonds is 8. The number of fused-ring (bicyclic) bond motifs is 1. The minimum absolute atomic E-state index is 0.0406. The molecule has 0 aliphatic carbocycles. The zero-order chi connectivity index (χ0) is 22.3. The van der Waals surface area contributed by atoms with Gasteiger partial charge in [0.25, 0.3) is 0 Å². The van der Waals surface area contributed by atoms with Gasteiger partial charge < -0.3 is 14.6 Å². The van der Waals surface area contributed by atoms with Crippen LogP contribution in [0.3, 0.4) is 0 Å². The first-order chi connectivity index (χ1) is 15.6. The van der Waals surface area contributed by atoms with Gasteiger partial charge in [0.05, 0.1) is 30.6 Å². The lowest BCUT2D eigenvalue weighted by Crippen LogP contribution is -2.30. The van der Waals surface area contributed by atoms with Gasteiger partial charge in [-0.25, -0.2) is 4.98 Å². The molecule has 1 heterocycles. The van der Waals surface area contributed by atoms with Crippen LogP contribution in [0, 0.1) is 0 Å². The van der Waals surface area contributed by atoms with Crippen LogP contribution in [-0.2, 0) is 17.8 Å². The molecule has 162 valence electrons. The first-order valence-corrected chi connectivity index (χ1v) is 10.7. The molecular weight excluding hydrogens is 398 g/mol. The van der Waals surface area contributed by atoms with Gasteiger partial charge in [0, 0.05) is 6.54 Å². The molecule has 3 aromatic carbocycles. The third-order valence-corrected chi connectivity index (χ3v) is 5.37.